The highest BCUT2D eigenvalue weighted by Gasteiger charge is 2.22. The number of aromatic nitrogens is 2. The van der Waals surface area contributed by atoms with Gasteiger partial charge in [0.2, 0.25) is 5.13 Å². The number of nitrogens with zero attached hydrogens (tertiary/aromatic N) is 3. The molecule has 5 nitrogen and oxygen atoms in total. The van der Waals surface area contributed by atoms with E-state index in [1.807, 2.05) is 0 Å². The maximum Gasteiger partial charge on any atom is 0.251 e. The minimum atomic E-state index is -0.142. The smallest absolute Gasteiger partial charge is 0.251 e. The van der Waals surface area contributed by atoms with Gasteiger partial charge in [-0.25, -0.2) is 4.98 Å². The lowest BCUT2D eigenvalue weighted by Crippen LogP contribution is -2.38. The maximum atomic E-state index is 12.4. The standard InChI is InChI=1S/C23H24Cl2N4OS/c1-15-2-4-16(5-3-15)10-21-27-23(31-28-21)29-8-6-17(7-9-29)14-26-22(30)18-11-19(24)13-20(25)12-18/h2-5,11-13,17H,6-10,14H2,1H3,(H,26,30). The number of piperidine rings is 1. The molecule has 3 aromatic rings. The minimum Gasteiger partial charge on any atom is -0.352 e. The zero-order valence-corrected chi connectivity index (χ0v) is 19.6. The van der Waals surface area contributed by atoms with Crippen molar-refractivity contribution < 1.29 is 4.79 Å². The number of amides is 1. The third kappa shape index (κ3) is 5.97. The molecule has 0 atom stereocenters. The molecular formula is C23H24Cl2N4OS. The Morgan fingerprint density at radius 3 is 2.48 bits per heavy atom. The van der Waals surface area contributed by atoms with Crippen LogP contribution in [0.4, 0.5) is 5.13 Å². The molecule has 1 amide bonds. The van der Waals surface area contributed by atoms with Crippen LogP contribution in [0.3, 0.4) is 0 Å². The summed E-state index contributed by atoms with van der Waals surface area (Å²) in [5.74, 6) is 1.17. The van der Waals surface area contributed by atoms with Crippen LogP contribution in [0.2, 0.25) is 10.0 Å². The molecule has 162 valence electrons. The van der Waals surface area contributed by atoms with Gasteiger partial charge in [0.25, 0.3) is 5.91 Å². The molecule has 2 aromatic carbocycles. The molecule has 0 unspecified atom stereocenters. The van der Waals surface area contributed by atoms with Crippen molar-refractivity contribution in [2.45, 2.75) is 26.2 Å². The molecular weight excluding hydrogens is 451 g/mol. The van der Waals surface area contributed by atoms with Crippen molar-refractivity contribution in [3.63, 3.8) is 0 Å². The number of rotatable bonds is 6. The quantitative estimate of drug-likeness (QED) is 0.520. The van der Waals surface area contributed by atoms with Crippen molar-refractivity contribution in [1.29, 1.82) is 0 Å². The van der Waals surface area contributed by atoms with E-state index in [4.69, 9.17) is 28.2 Å². The van der Waals surface area contributed by atoms with Crippen molar-refractivity contribution in [1.82, 2.24) is 14.7 Å². The summed E-state index contributed by atoms with van der Waals surface area (Å²) in [6.07, 6.45) is 2.76. The Labute approximate surface area is 196 Å². The fourth-order valence-electron chi connectivity index (χ4n) is 3.69. The number of nitrogens with one attached hydrogen (secondary N) is 1. The summed E-state index contributed by atoms with van der Waals surface area (Å²) in [6, 6.07) is 13.4. The van der Waals surface area contributed by atoms with Gasteiger partial charge >= 0.3 is 0 Å². The molecule has 0 radical (unpaired) electrons. The van der Waals surface area contributed by atoms with Crippen LogP contribution in [0, 0.1) is 12.8 Å². The van der Waals surface area contributed by atoms with Gasteiger partial charge in [-0.15, -0.1) is 0 Å². The molecule has 31 heavy (non-hydrogen) atoms. The summed E-state index contributed by atoms with van der Waals surface area (Å²) in [6.45, 7) is 4.57. The number of hydrogen-bond donors (Lipinski definition) is 1. The first-order chi connectivity index (χ1) is 15.0. The largest absolute Gasteiger partial charge is 0.352 e. The molecule has 1 N–H and O–H groups in total. The van der Waals surface area contributed by atoms with Crippen LogP contribution < -0.4 is 10.2 Å². The van der Waals surface area contributed by atoms with Crippen LogP contribution in [0.5, 0.6) is 0 Å². The van der Waals surface area contributed by atoms with E-state index in [1.165, 1.54) is 22.7 Å². The lowest BCUT2D eigenvalue weighted by Gasteiger charge is -2.31. The Morgan fingerprint density at radius 1 is 1.13 bits per heavy atom. The number of carbonyl (C=O) groups excluding carboxylic acids is 1. The lowest BCUT2D eigenvalue weighted by atomic mass is 9.97. The first-order valence-electron chi connectivity index (χ1n) is 10.3. The fraction of sp³-hybridized carbons (Fsp3) is 0.348. The highest BCUT2D eigenvalue weighted by Crippen LogP contribution is 2.25. The van der Waals surface area contributed by atoms with Crippen molar-refractivity contribution in [2.75, 3.05) is 24.5 Å². The van der Waals surface area contributed by atoms with Crippen molar-refractivity contribution in [3.8, 4) is 0 Å². The van der Waals surface area contributed by atoms with Gasteiger partial charge in [-0.2, -0.15) is 4.37 Å². The maximum absolute atomic E-state index is 12.4. The molecule has 2 heterocycles. The van der Waals surface area contributed by atoms with Gasteiger partial charge in [-0.05, 0) is 49.4 Å². The van der Waals surface area contributed by atoms with E-state index in [0.29, 0.717) is 28.1 Å². The van der Waals surface area contributed by atoms with Gasteiger partial charge < -0.3 is 10.2 Å². The Kier molecular flexibility index (Phi) is 7.10. The monoisotopic (exact) mass is 474 g/mol. The first-order valence-corrected chi connectivity index (χ1v) is 11.9. The van der Waals surface area contributed by atoms with Gasteiger partial charge in [0, 0.05) is 53.2 Å². The zero-order chi connectivity index (χ0) is 21.8. The van der Waals surface area contributed by atoms with E-state index < -0.39 is 0 Å². The Bertz CT molecular complexity index is 1030. The number of carbonyl (C=O) groups is 1. The SMILES string of the molecule is Cc1ccc(Cc2nsc(N3CCC(CNC(=O)c4cc(Cl)cc(Cl)c4)CC3)n2)cc1. The molecule has 8 heteroatoms. The first kappa shape index (κ1) is 22.1. The molecule has 0 saturated carbocycles. The average Bonchev–Trinajstić information content (AvgIpc) is 3.22. The number of hydrogen-bond acceptors (Lipinski definition) is 5. The summed E-state index contributed by atoms with van der Waals surface area (Å²) < 4.78 is 4.55. The number of aryl methyl sites for hydroxylation is 1. The van der Waals surface area contributed by atoms with Crippen LogP contribution in [0.25, 0.3) is 0 Å². The summed E-state index contributed by atoms with van der Waals surface area (Å²) >= 11 is 13.4. The van der Waals surface area contributed by atoms with Gasteiger partial charge in [0.05, 0.1) is 0 Å². The number of anilines is 1. The Hall–Kier alpha value is -2.15. The van der Waals surface area contributed by atoms with E-state index in [0.717, 1.165) is 43.3 Å². The van der Waals surface area contributed by atoms with E-state index >= 15 is 0 Å². The normalized spacial score (nSPS) is 14.6. The van der Waals surface area contributed by atoms with Gasteiger partial charge in [-0.1, -0.05) is 53.0 Å². The third-order valence-electron chi connectivity index (χ3n) is 5.50. The van der Waals surface area contributed by atoms with Crippen LogP contribution in [-0.4, -0.2) is 34.9 Å². The van der Waals surface area contributed by atoms with E-state index in [9.17, 15) is 4.79 Å². The lowest BCUT2D eigenvalue weighted by molar-refractivity contribution is 0.0945. The summed E-state index contributed by atoms with van der Waals surface area (Å²) in [7, 11) is 0. The molecule has 0 bridgehead atoms. The minimum absolute atomic E-state index is 0.142. The Morgan fingerprint density at radius 2 is 1.81 bits per heavy atom. The zero-order valence-electron chi connectivity index (χ0n) is 17.3. The van der Waals surface area contributed by atoms with Gasteiger partial charge in [0.1, 0.15) is 5.82 Å². The summed E-state index contributed by atoms with van der Waals surface area (Å²) in [4.78, 5) is 19.4. The number of benzene rings is 2. The van der Waals surface area contributed by atoms with Gasteiger partial charge in [0.15, 0.2) is 0 Å². The van der Waals surface area contributed by atoms with Crippen LogP contribution >= 0.6 is 34.7 Å². The van der Waals surface area contributed by atoms with E-state index in [2.05, 4.69) is 45.8 Å². The second-order valence-electron chi connectivity index (χ2n) is 7.95. The predicted molar refractivity (Wildman–Crippen MR) is 128 cm³/mol. The van der Waals surface area contributed by atoms with Crippen molar-refractivity contribution >= 4 is 45.8 Å². The molecule has 1 aliphatic heterocycles. The number of halogens is 2. The average molecular weight is 475 g/mol. The van der Waals surface area contributed by atoms with Crippen molar-refractivity contribution in [3.05, 3.63) is 75.0 Å². The summed E-state index contributed by atoms with van der Waals surface area (Å²) in [5, 5.41) is 4.92. The third-order valence-corrected chi connectivity index (χ3v) is 6.75. The second-order valence-corrected chi connectivity index (χ2v) is 9.56. The molecule has 4 rings (SSSR count). The van der Waals surface area contributed by atoms with Crippen LogP contribution in [0.15, 0.2) is 42.5 Å². The highest BCUT2D eigenvalue weighted by molar-refractivity contribution is 7.09. The van der Waals surface area contributed by atoms with E-state index in [-0.39, 0.29) is 5.91 Å². The molecule has 0 aliphatic carbocycles. The molecule has 1 saturated heterocycles. The summed E-state index contributed by atoms with van der Waals surface area (Å²) in [5.41, 5.74) is 2.97. The van der Waals surface area contributed by atoms with E-state index in [1.54, 1.807) is 18.2 Å². The molecule has 1 fully saturated rings. The fourth-order valence-corrected chi connectivity index (χ4v) is 4.95. The second kappa shape index (κ2) is 9.98. The Balaban J connectivity index is 1.25. The van der Waals surface area contributed by atoms with Crippen LogP contribution in [-0.2, 0) is 6.42 Å². The molecule has 1 aliphatic rings. The molecule has 1 aromatic heterocycles. The van der Waals surface area contributed by atoms with Crippen molar-refractivity contribution in [2.24, 2.45) is 5.92 Å². The highest BCUT2D eigenvalue weighted by atomic mass is 35.5. The molecule has 0 spiro atoms. The topological polar surface area (TPSA) is 58.1 Å². The van der Waals surface area contributed by atoms with Crippen LogP contribution in [0.1, 0.15) is 40.2 Å². The predicted octanol–water partition coefficient (Wildman–Crippen LogP) is 5.39. The van der Waals surface area contributed by atoms with Gasteiger partial charge in [-0.3, -0.25) is 4.79 Å².